The van der Waals surface area contributed by atoms with Crippen LogP contribution in [0.5, 0.6) is 0 Å². The molecule has 33 heavy (non-hydrogen) atoms. The fourth-order valence-corrected chi connectivity index (χ4v) is 3.55. The summed E-state index contributed by atoms with van der Waals surface area (Å²) < 4.78 is 13.5. The topological polar surface area (TPSA) is 101 Å². The third-order valence-electron chi connectivity index (χ3n) is 5.18. The predicted octanol–water partition coefficient (Wildman–Crippen LogP) is 2.75. The van der Waals surface area contributed by atoms with Gasteiger partial charge in [0, 0.05) is 19.8 Å². The molecule has 0 radical (unpaired) electrons. The molecular formula is C26H26FN3O3. The molecule has 0 spiro atoms. The van der Waals surface area contributed by atoms with E-state index in [1.165, 1.54) is 25.1 Å². The number of amides is 3. The smallest absolute Gasteiger partial charge is 0.243 e. The predicted molar refractivity (Wildman–Crippen MR) is 124 cm³/mol. The summed E-state index contributed by atoms with van der Waals surface area (Å²) in [6.45, 7) is 1.28. The van der Waals surface area contributed by atoms with Crippen molar-refractivity contribution in [2.75, 3.05) is 0 Å². The Hall–Kier alpha value is -4.00. The van der Waals surface area contributed by atoms with Gasteiger partial charge in [-0.2, -0.15) is 0 Å². The van der Waals surface area contributed by atoms with E-state index < -0.39 is 35.6 Å². The lowest BCUT2D eigenvalue weighted by Crippen LogP contribution is -2.54. The maximum atomic E-state index is 13.5. The van der Waals surface area contributed by atoms with Gasteiger partial charge >= 0.3 is 0 Å². The van der Waals surface area contributed by atoms with E-state index in [1.54, 1.807) is 6.07 Å². The number of benzene rings is 3. The molecule has 0 heterocycles. The largest absolute Gasteiger partial charge is 0.368 e. The molecule has 0 saturated carbocycles. The number of carbonyl (C=O) groups is 3. The van der Waals surface area contributed by atoms with Crippen molar-refractivity contribution in [1.29, 1.82) is 0 Å². The summed E-state index contributed by atoms with van der Waals surface area (Å²) in [5.41, 5.74) is 8.99. The molecule has 0 aromatic heterocycles. The van der Waals surface area contributed by atoms with Gasteiger partial charge in [0.05, 0.1) is 0 Å². The molecule has 0 bridgehead atoms. The quantitative estimate of drug-likeness (QED) is 0.470. The zero-order chi connectivity index (χ0) is 23.8. The van der Waals surface area contributed by atoms with Gasteiger partial charge < -0.3 is 16.4 Å². The molecule has 2 atom stereocenters. The fraction of sp³-hybridized carbons (Fsp3) is 0.192. The molecule has 3 rings (SSSR count). The van der Waals surface area contributed by atoms with E-state index in [9.17, 15) is 18.8 Å². The molecule has 0 saturated heterocycles. The number of halogens is 1. The van der Waals surface area contributed by atoms with Gasteiger partial charge in [0.2, 0.25) is 17.7 Å². The van der Waals surface area contributed by atoms with Crippen LogP contribution in [0.15, 0.2) is 78.9 Å². The normalized spacial score (nSPS) is 12.4. The first-order chi connectivity index (χ1) is 15.8. The number of nitrogens with one attached hydrogen (secondary N) is 2. The average molecular weight is 448 g/mol. The van der Waals surface area contributed by atoms with Crippen LogP contribution in [0.1, 0.15) is 18.1 Å². The highest BCUT2D eigenvalue weighted by molar-refractivity contribution is 5.91. The highest BCUT2D eigenvalue weighted by Gasteiger charge is 2.25. The lowest BCUT2D eigenvalue weighted by Gasteiger charge is -2.22. The van der Waals surface area contributed by atoms with E-state index in [1.807, 2.05) is 54.6 Å². The number of rotatable bonds is 9. The van der Waals surface area contributed by atoms with Gasteiger partial charge in [-0.25, -0.2) is 4.39 Å². The number of hydrogen-bond acceptors (Lipinski definition) is 3. The molecule has 0 aliphatic heterocycles. The molecule has 6 nitrogen and oxygen atoms in total. The Labute approximate surface area is 192 Å². The van der Waals surface area contributed by atoms with Crippen molar-refractivity contribution in [3.8, 4) is 11.1 Å². The molecule has 170 valence electrons. The van der Waals surface area contributed by atoms with Crippen LogP contribution in [0.2, 0.25) is 0 Å². The van der Waals surface area contributed by atoms with E-state index in [4.69, 9.17) is 5.73 Å². The Bertz CT molecular complexity index is 1120. The van der Waals surface area contributed by atoms with Crippen LogP contribution in [-0.2, 0) is 27.2 Å². The third-order valence-corrected chi connectivity index (χ3v) is 5.18. The highest BCUT2D eigenvalue weighted by Crippen LogP contribution is 2.19. The van der Waals surface area contributed by atoms with Crippen LogP contribution in [-0.4, -0.2) is 29.8 Å². The van der Waals surface area contributed by atoms with Gasteiger partial charge in [-0.3, -0.25) is 14.4 Å². The Balaban J connectivity index is 1.70. The van der Waals surface area contributed by atoms with E-state index in [0.717, 1.165) is 16.7 Å². The van der Waals surface area contributed by atoms with Crippen LogP contribution in [0.3, 0.4) is 0 Å². The van der Waals surface area contributed by atoms with Crippen molar-refractivity contribution in [2.45, 2.75) is 31.8 Å². The summed E-state index contributed by atoms with van der Waals surface area (Å²) in [5, 5.41) is 5.19. The Morgan fingerprint density at radius 2 is 1.42 bits per heavy atom. The second-order valence-corrected chi connectivity index (χ2v) is 7.82. The lowest BCUT2D eigenvalue weighted by molar-refractivity contribution is -0.130. The van der Waals surface area contributed by atoms with Crippen LogP contribution >= 0.6 is 0 Å². The van der Waals surface area contributed by atoms with Gasteiger partial charge in [0.15, 0.2) is 0 Å². The molecule has 3 aromatic rings. The minimum absolute atomic E-state index is 0.0699. The standard InChI is InChI=1S/C26H26FN3O3/c1-17(31)29-24(16-19-6-5-9-22(27)14-19)26(33)30-23(25(28)32)15-18-10-12-21(13-11-18)20-7-3-2-4-8-20/h2-14,23-24H,15-16H2,1H3,(H2,28,32)(H,29,31)(H,30,33)/t23-,24+/m0/s1. The van der Waals surface area contributed by atoms with Crippen LogP contribution in [0.25, 0.3) is 11.1 Å². The first-order valence-electron chi connectivity index (χ1n) is 10.6. The minimum Gasteiger partial charge on any atom is -0.368 e. The molecule has 0 aliphatic carbocycles. The summed E-state index contributed by atoms with van der Waals surface area (Å²) in [6, 6.07) is 21.3. The van der Waals surface area contributed by atoms with Crippen molar-refractivity contribution in [2.24, 2.45) is 5.73 Å². The molecule has 0 fully saturated rings. The summed E-state index contributed by atoms with van der Waals surface area (Å²) in [4.78, 5) is 36.5. The first-order valence-corrected chi connectivity index (χ1v) is 10.6. The Morgan fingerprint density at radius 3 is 2.03 bits per heavy atom. The number of nitrogens with two attached hydrogens (primary N) is 1. The zero-order valence-electron chi connectivity index (χ0n) is 18.3. The van der Waals surface area contributed by atoms with E-state index >= 15 is 0 Å². The molecule has 0 unspecified atom stereocenters. The number of hydrogen-bond donors (Lipinski definition) is 3. The second-order valence-electron chi connectivity index (χ2n) is 7.82. The fourth-order valence-electron chi connectivity index (χ4n) is 3.55. The molecule has 3 amide bonds. The molecule has 3 aromatic carbocycles. The number of carbonyl (C=O) groups excluding carboxylic acids is 3. The first kappa shape index (κ1) is 23.7. The van der Waals surface area contributed by atoms with Gasteiger partial charge in [-0.15, -0.1) is 0 Å². The molecular weight excluding hydrogens is 421 g/mol. The van der Waals surface area contributed by atoms with Crippen molar-refractivity contribution >= 4 is 17.7 Å². The summed E-state index contributed by atoms with van der Waals surface area (Å²) >= 11 is 0. The Kier molecular flexibility index (Phi) is 7.91. The van der Waals surface area contributed by atoms with Crippen molar-refractivity contribution in [1.82, 2.24) is 10.6 Å². The van der Waals surface area contributed by atoms with Gasteiger partial charge in [-0.05, 0) is 34.4 Å². The summed E-state index contributed by atoms with van der Waals surface area (Å²) in [7, 11) is 0. The average Bonchev–Trinajstić information content (AvgIpc) is 2.79. The maximum absolute atomic E-state index is 13.5. The monoisotopic (exact) mass is 447 g/mol. The van der Waals surface area contributed by atoms with Crippen molar-refractivity contribution in [3.05, 3.63) is 95.8 Å². The van der Waals surface area contributed by atoms with Gasteiger partial charge in [0.25, 0.3) is 0 Å². The molecule has 0 aliphatic rings. The van der Waals surface area contributed by atoms with Gasteiger partial charge in [-0.1, -0.05) is 66.7 Å². The summed E-state index contributed by atoms with van der Waals surface area (Å²) in [5.74, 6) is -2.12. The molecule has 7 heteroatoms. The highest BCUT2D eigenvalue weighted by atomic mass is 19.1. The van der Waals surface area contributed by atoms with Crippen LogP contribution in [0, 0.1) is 5.82 Å². The SMILES string of the molecule is CC(=O)N[C@H](Cc1cccc(F)c1)C(=O)N[C@@H](Cc1ccc(-c2ccccc2)cc1)C(N)=O. The van der Waals surface area contributed by atoms with Crippen molar-refractivity contribution in [3.63, 3.8) is 0 Å². The van der Waals surface area contributed by atoms with E-state index in [-0.39, 0.29) is 12.8 Å². The Morgan fingerprint density at radius 1 is 0.788 bits per heavy atom. The zero-order valence-corrected chi connectivity index (χ0v) is 18.3. The third kappa shape index (κ3) is 7.00. The summed E-state index contributed by atoms with van der Waals surface area (Å²) in [6.07, 6.45) is 0.267. The van der Waals surface area contributed by atoms with Crippen LogP contribution < -0.4 is 16.4 Å². The lowest BCUT2D eigenvalue weighted by atomic mass is 9.99. The van der Waals surface area contributed by atoms with Crippen LogP contribution in [0.4, 0.5) is 4.39 Å². The van der Waals surface area contributed by atoms with E-state index in [0.29, 0.717) is 5.56 Å². The minimum atomic E-state index is -0.980. The van der Waals surface area contributed by atoms with E-state index in [2.05, 4.69) is 10.6 Å². The van der Waals surface area contributed by atoms with Gasteiger partial charge in [0.1, 0.15) is 17.9 Å². The van der Waals surface area contributed by atoms with Crippen molar-refractivity contribution < 1.29 is 18.8 Å². The number of primary amides is 1. The molecule has 4 N–H and O–H groups in total. The maximum Gasteiger partial charge on any atom is 0.243 e. The second kappa shape index (κ2) is 11.0.